The summed E-state index contributed by atoms with van der Waals surface area (Å²) in [5.41, 5.74) is 7.80. The highest BCUT2D eigenvalue weighted by Crippen LogP contribution is 2.39. The van der Waals surface area contributed by atoms with Gasteiger partial charge in [-0.3, -0.25) is 0 Å². The Hall–Kier alpha value is -5.11. The van der Waals surface area contributed by atoms with Gasteiger partial charge in [0.2, 0.25) is 0 Å². The standard InChI is InChI=1S/2C24H24BNO2/c1-23(2)24(3,4)28-25(27-23)17-14-15-22-20(16-17)19-12-8-9-13-21(19)26(22)18-10-6-5-7-11-18;1-23(2)24(3,4)28-25(27-23)17-14-15-20-19-12-8-9-13-21(19)26(22(20)16-17)18-10-6-5-7-11-18/h2*5-16H,1-4H3. The molecule has 0 aliphatic carbocycles. The zero-order chi connectivity index (χ0) is 39.0. The van der Waals surface area contributed by atoms with Gasteiger partial charge in [0, 0.05) is 32.9 Å². The predicted octanol–water partition coefficient (Wildman–Crippen LogP) is 10.2. The molecule has 0 unspecified atom stereocenters. The summed E-state index contributed by atoms with van der Waals surface area (Å²) in [7, 11) is -0.718. The Morgan fingerprint density at radius 3 is 1.20 bits per heavy atom. The molecule has 280 valence electrons. The third kappa shape index (κ3) is 5.98. The monoisotopic (exact) mass is 738 g/mol. The van der Waals surface area contributed by atoms with E-state index in [1.807, 2.05) is 12.1 Å². The average Bonchev–Trinajstić information content (AvgIpc) is 3.84. The molecule has 6 aromatic carbocycles. The number of hydrogen-bond acceptors (Lipinski definition) is 4. The van der Waals surface area contributed by atoms with E-state index >= 15 is 0 Å². The van der Waals surface area contributed by atoms with Crippen LogP contribution in [-0.2, 0) is 18.6 Å². The lowest BCUT2D eigenvalue weighted by Gasteiger charge is -2.32. The first-order chi connectivity index (χ1) is 26.7. The van der Waals surface area contributed by atoms with Gasteiger partial charge in [0.05, 0.1) is 44.5 Å². The lowest BCUT2D eigenvalue weighted by molar-refractivity contribution is 0.00578. The van der Waals surface area contributed by atoms with Crippen LogP contribution in [0.15, 0.2) is 146 Å². The van der Waals surface area contributed by atoms with Crippen molar-refractivity contribution in [1.82, 2.24) is 9.13 Å². The molecule has 10 rings (SSSR count). The van der Waals surface area contributed by atoms with Crippen LogP contribution >= 0.6 is 0 Å². The van der Waals surface area contributed by atoms with Crippen molar-refractivity contribution in [2.45, 2.75) is 77.8 Å². The summed E-state index contributed by atoms with van der Waals surface area (Å²) in [5.74, 6) is 0. The highest BCUT2D eigenvalue weighted by molar-refractivity contribution is 6.63. The first-order valence-corrected chi connectivity index (χ1v) is 19.6. The van der Waals surface area contributed by atoms with Gasteiger partial charge in [-0.25, -0.2) is 0 Å². The molecule has 2 saturated heterocycles. The molecule has 0 radical (unpaired) electrons. The molecule has 6 nitrogen and oxygen atoms in total. The summed E-state index contributed by atoms with van der Waals surface area (Å²) in [6, 6.07) is 51.2. The molecule has 56 heavy (non-hydrogen) atoms. The number of benzene rings is 6. The van der Waals surface area contributed by atoms with E-state index in [0.717, 1.165) is 22.3 Å². The van der Waals surface area contributed by atoms with Gasteiger partial charge in [-0.1, -0.05) is 97.1 Å². The topological polar surface area (TPSA) is 46.8 Å². The van der Waals surface area contributed by atoms with Gasteiger partial charge < -0.3 is 27.8 Å². The summed E-state index contributed by atoms with van der Waals surface area (Å²) in [6.07, 6.45) is 0. The number of rotatable bonds is 4. The van der Waals surface area contributed by atoms with E-state index in [2.05, 4.69) is 198 Å². The van der Waals surface area contributed by atoms with Crippen LogP contribution in [0.5, 0.6) is 0 Å². The van der Waals surface area contributed by atoms with E-state index < -0.39 is 0 Å². The number of nitrogens with zero attached hydrogens (tertiary/aromatic N) is 2. The number of hydrogen-bond donors (Lipinski definition) is 0. The third-order valence-electron chi connectivity index (χ3n) is 12.5. The molecule has 4 heterocycles. The molecule has 0 spiro atoms. The fourth-order valence-electron chi connectivity index (χ4n) is 7.94. The maximum Gasteiger partial charge on any atom is 0.494 e. The van der Waals surface area contributed by atoms with Gasteiger partial charge in [-0.2, -0.15) is 0 Å². The van der Waals surface area contributed by atoms with Crippen molar-refractivity contribution in [1.29, 1.82) is 0 Å². The van der Waals surface area contributed by atoms with E-state index in [1.165, 1.54) is 43.6 Å². The van der Waals surface area contributed by atoms with Crippen molar-refractivity contribution in [3.8, 4) is 11.4 Å². The van der Waals surface area contributed by atoms with Gasteiger partial charge in [-0.05, 0) is 115 Å². The highest BCUT2D eigenvalue weighted by Gasteiger charge is 2.52. The zero-order valence-corrected chi connectivity index (χ0v) is 33.5. The molecule has 0 saturated carbocycles. The van der Waals surface area contributed by atoms with E-state index in [0.29, 0.717) is 0 Å². The molecule has 2 aromatic heterocycles. The van der Waals surface area contributed by atoms with Crippen molar-refractivity contribution >= 4 is 68.8 Å². The van der Waals surface area contributed by atoms with Gasteiger partial charge >= 0.3 is 14.2 Å². The zero-order valence-electron chi connectivity index (χ0n) is 33.5. The molecular formula is C48H48B2N2O4. The highest BCUT2D eigenvalue weighted by atomic mass is 16.7. The van der Waals surface area contributed by atoms with E-state index in [-0.39, 0.29) is 36.6 Å². The van der Waals surface area contributed by atoms with Crippen molar-refractivity contribution < 1.29 is 18.6 Å². The molecule has 2 aliphatic heterocycles. The molecule has 0 amide bonds. The van der Waals surface area contributed by atoms with Gasteiger partial charge in [-0.15, -0.1) is 0 Å². The molecule has 2 fully saturated rings. The predicted molar refractivity (Wildman–Crippen MR) is 233 cm³/mol. The molecule has 0 N–H and O–H groups in total. The van der Waals surface area contributed by atoms with Crippen LogP contribution in [0, 0.1) is 0 Å². The molecular weight excluding hydrogens is 690 g/mol. The lowest BCUT2D eigenvalue weighted by Crippen LogP contribution is -2.41. The Bertz CT molecular complexity index is 2700. The second kappa shape index (κ2) is 13.2. The minimum Gasteiger partial charge on any atom is -0.399 e. The van der Waals surface area contributed by atoms with Crippen LogP contribution in [0.1, 0.15) is 55.4 Å². The van der Waals surface area contributed by atoms with E-state index in [4.69, 9.17) is 18.6 Å². The van der Waals surface area contributed by atoms with Crippen molar-refractivity contribution in [3.05, 3.63) is 146 Å². The Morgan fingerprint density at radius 1 is 0.339 bits per heavy atom. The van der Waals surface area contributed by atoms with Gasteiger partial charge in [0.25, 0.3) is 0 Å². The Balaban J connectivity index is 0.000000146. The summed E-state index contributed by atoms with van der Waals surface area (Å²) in [5, 5.41) is 4.94. The second-order valence-corrected chi connectivity index (χ2v) is 17.1. The maximum absolute atomic E-state index is 6.29. The molecule has 0 bridgehead atoms. The van der Waals surface area contributed by atoms with Gasteiger partial charge in [0.1, 0.15) is 0 Å². The first-order valence-electron chi connectivity index (χ1n) is 19.6. The fraction of sp³-hybridized carbons (Fsp3) is 0.250. The van der Waals surface area contributed by atoms with Crippen LogP contribution in [0.4, 0.5) is 0 Å². The lowest BCUT2D eigenvalue weighted by atomic mass is 9.78. The smallest absolute Gasteiger partial charge is 0.399 e. The van der Waals surface area contributed by atoms with E-state index in [1.54, 1.807) is 0 Å². The summed E-state index contributed by atoms with van der Waals surface area (Å²) in [6.45, 7) is 16.7. The number of para-hydroxylation sites is 4. The fourth-order valence-corrected chi connectivity index (χ4v) is 7.94. The second-order valence-electron chi connectivity index (χ2n) is 17.1. The molecule has 0 atom stereocenters. The molecule has 8 aromatic rings. The quantitative estimate of drug-likeness (QED) is 0.169. The van der Waals surface area contributed by atoms with Crippen LogP contribution < -0.4 is 10.9 Å². The van der Waals surface area contributed by atoms with E-state index in [9.17, 15) is 0 Å². The first kappa shape index (κ1) is 36.5. The van der Waals surface area contributed by atoms with Crippen molar-refractivity contribution in [2.24, 2.45) is 0 Å². The number of aromatic nitrogens is 2. The van der Waals surface area contributed by atoms with Crippen LogP contribution in [0.2, 0.25) is 0 Å². The summed E-state index contributed by atoms with van der Waals surface area (Å²) >= 11 is 0. The minimum absolute atomic E-state index is 0.343. The van der Waals surface area contributed by atoms with Gasteiger partial charge in [0.15, 0.2) is 0 Å². The summed E-state index contributed by atoms with van der Waals surface area (Å²) < 4.78 is 29.8. The average molecular weight is 739 g/mol. The normalized spacial score (nSPS) is 18.2. The van der Waals surface area contributed by atoms with Crippen LogP contribution in [0.25, 0.3) is 55.0 Å². The largest absolute Gasteiger partial charge is 0.494 e. The Labute approximate surface area is 330 Å². The summed E-state index contributed by atoms with van der Waals surface area (Å²) in [4.78, 5) is 0. The van der Waals surface area contributed by atoms with Crippen LogP contribution in [0.3, 0.4) is 0 Å². The Kier molecular flexibility index (Phi) is 8.64. The SMILES string of the molecule is CC1(C)OB(c2ccc3c(c2)c2ccccc2n3-c2ccccc2)OC1(C)C.CC1(C)OB(c2ccc3c4ccccc4n(-c4ccccc4)c3c2)OC1(C)C. The van der Waals surface area contributed by atoms with Crippen molar-refractivity contribution in [3.63, 3.8) is 0 Å². The van der Waals surface area contributed by atoms with Crippen LogP contribution in [-0.4, -0.2) is 45.8 Å². The maximum atomic E-state index is 6.29. The third-order valence-corrected chi connectivity index (χ3v) is 12.5. The number of fused-ring (bicyclic) bond motifs is 6. The minimum atomic E-state index is -0.364. The Morgan fingerprint density at radius 2 is 0.696 bits per heavy atom. The molecule has 2 aliphatic rings. The van der Waals surface area contributed by atoms with Crippen molar-refractivity contribution in [2.75, 3.05) is 0 Å². The molecule has 8 heteroatoms.